The number of hydrogen-bond donors (Lipinski definition) is 8. The molecule has 8 N–H and O–H groups in total. The van der Waals surface area contributed by atoms with Crippen LogP contribution in [0.15, 0.2) is 60.7 Å². The molecule has 452 valence electrons. The van der Waals surface area contributed by atoms with Gasteiger partial charge in [-0.1, -0.05) is 116 Å². The molecule has 0 bridgehead atoms. The molecule has 2 aliphatic rings. The van der Waals surface area contributed by atoms with Gasteiger partial charge in [-0.3, -0.25) is 57.5 Å². The summed E-state index contributed by atoms with van der Waals surface area (Å²) in [6, 6.07) is 8.85. The van der Waals surface area contributed by atoms with Gasteiger partial charge in [0.05, 0.1) is 12.1 Å². The summed E-state index contributed by atoms with van der Waals surface area (Å²) in [5, 5.41) is 25.0. The van der Waals surface area contributed by atoms with Gasteiger partial charge in [0, 0.05) is 32.7 Å². The fraction of sp³-hybridized carbons (Fsp3) is 0.571. The predicted octanol–water partition coefficient (Wildman–Crippen LogP) is 2.56. The van der Waals surface area contributed by atoms with Crippen LogP contribution in [-0.4, -0.2) is 153 Å². The number of likely N-dealkylation sites (tertiary alicyclic amines) is 2. The van der Waals surface area contributed by atoms with Crippen LogP contribution >= 0.6 is 0 Å². The SMILES string of the molecule is CC(C)[C@H](NC(=O)CC(=O)O)C(=O)N1CCCC1C(=O)N[C@H](C(=O)C(F)(F)C(=O)NCc1ccccc1)C(C)C.CCNC(=O)CC(=O)N[C@H](C(=O)N1CCCC1C(=O)N[C@H](C(=O)C(F)(F)C(=O)NCc1ccccc1)C(C)C)C(C)C. The van der Waals surface area contributed by atoms with E-state index >= 15 is 0 Å². The van der Waals surface area contributed by atoms with E-state index in [0.29, 0.717) is 30.5 Å². The Bertz CT molecular complexity index is 2610. The van der Waals surface area contributed by atoms with Crippen molar-refractivity contribution in [1.29, 1.82) is 0 Å². The monoisotopic (exact) mass is 1160 g/mol. The van der Waals surface area contributed by atoms with E-state index in [1.165, 1.54) is 37.5 Å². The van der Waals surface area contributed by atoms with Crippen LogP contribution in [0.4, 0.5) is 17.6 Å². The summed E-state index contributed by atoms with van der Waals surface area (Å²) < 4.78 is 59.7. The molecule has 9 amide bonds. The lowest BCUT2D eigenvalue weighted by Gasteiger charge is -2.32. The number of carbonyl (C=O) groups excluding carboxylic acids is 11. The maximum Gasteiger partial charge on any atom is 0.383 e. The van der Waals surface area contributed by atoms with E-state index in [9.17, 15) is 75.1 Å². The number of nitrogens with zero attached hydrogens (tertiary/aromatic N) is 2. The molecule has 2 aromatic rings. The van der Waals surface area contributed by atoms with Crippen LogP contribution in [0.3, 0.4) is 0 Å². The van der Waals surface area contributed by atoms with Crippen LogP contribution < -0.4 is 37.2 Å². The number of rotatable bonds is 27. The first-order valence-corrected chi connectivity index (χ1v) is 27.1. The Labute approximate surface area is 473 Å². The number of alkyl halides is 4. The number of hydrogen-bond acceptors (Lipinski definition) is 12. The topological polar surface area (TPSA) is 316 Å². The molecular formula is C56H77F4N9O13. The molecule has 0 aliphatic carbocycles. The molecule has 82 heavy (non-hydrogen) atoms. The highest BCUT2D eigenvalue weighted by Crippen LogP contribution is 2.26. The molecule has 0 aromatic heterocycles. The van der Waals surface area contributed by atoms with Crippen molar-refractivity contribution >= 4 is 70.7 Å². The molecular weight excluding hydrogens is 1080 g/mol. The molecule has 2 aromatic carbocycles. The van der Waals surface area contributed by atoms with Gasteiger partial charge in [0.15, 0.2) is 0 Å². The number of nitrogens with one attached hydrogen (secondary N) is 7. The molecule has 22 nitrogen and oxygen atoms in total. The number of ketones is 2. The molecule has 2 fully saturated rings. The summed E-state index contributed by atoms with van der Waals surface area (Å²) in [5.74, 6) is -24.7. The second-order valence-electron chi connectivity index (χ2n) is 21.3. The van der Waals surface area contributed by atoms with Crippen LogP contribution in [0, 0.1) is 23.7 Å². The number of halogens is 4. The number of carboxylic acids is 1. The highest BCUT2D eigenvalue weighted by atomic mass is 19.3. The quantitative estimate of drug-likeness (QED) is 0.0472. The van der Waals surface area contributed by atoms with Crippen molar-refractivity contribution in [2.24, 2.45) is 23.7 Å². The van der Waals surface area contributed by atoms with Crippen LogP contribution in [0.5, 0.6) is 0 Å². The highest BCUT2D eigenvalue weighted by Gasteiger charge is 2.53. The van der Waals surface area contributed by atoms with Crippen molar-refractivity contribution in [3.05, 3.63) is 71.8 Å². The van der Waals surface area contributed by atoms with Gasteiger partial charge in [0.25, 0.3) is 11.8 Å². The zero-order valence-corrected chi connectivity index (χ0v) is 47.6. The smallest absolute Gasteiger partial charge is 0.383 e. The molecule has 0 saturated carbocycles. The zero-order chi connectivity index (χ0) is 61.8. The standard InChI is InChI=1S/C29H41F2N5O6.C27H36F2N4O7/c1-6-32-21(37)15-22(38)34-24(18(4)5)27(41)36-14-10-13-20(36)26(40)35-23(17(2)3)25(39)29(30,31)28(42)33-16-19-11-8-7-9-12-19;1-15(2)21(23(37)27(28,29)26(40)30-14-17-9-6-5-7-10-17)32-24(38)18-11-8-12-33(18)25(39)22(16(3)4)31-19(34)13-20(35)36/h7-9,11-12,17-18,20,23-24H,6,10,13-16H2,1-5H3,(H,32,37)(H,33,42)(H,34,38)(H,35,40);5-7,9-10,15-16,18,21-22H,8,11-14H2,1-4H3,(H,30,40)(H,31,34)(H,32,38)(H,35,36)/t20?,23-,24-;18?,21-,22-/m00/s1. The third-order valence-corrected chi connectivity index (χ3v) is 13.5. The summed E-state index contributed by atoms with van der Waals surface area (Å²) >= 11 is 0. The third kappa shape index (κ3) is 19.4. The Morgan fingerprint density at radius 2 is 0.841 bits per heavy atom. The van der Waals surface area contributed by atoms with Crippen molar-refractivity contribution < 1.29 is 80.2 Å². The van der Waals surface area contributed by atoms with Gasteiger partial charge in [-0.25, -0.2) is 0 Å². The van der Waals surface area contributed by atoms with Gasteiger partial charge in [-0.05, 0) is 67.4 Å². The number of carboxylic acid groups (broad SMARTS) is 1. The number of benzene rings is 2. The van der Waals surface area contributed by atoms with Crippen molar-refractivity contribution in [3.8, 4) is 0 Å². The summed E-state index contributed by atoms with van der Waals surface area (Å²) in [7, 11) is 0. The number of Topliss-reactive ketones (excluding diaryl/α,β-unsaturated/α-hetero) is 2. The van der Waals surface area contributed by atoms with E-state index in [1.54, 1.807) is 95.3 Å². The Balaban J connectivity index is 0.000000431. The average molecular weight is 1160 g/mol. The molecule has 6 atom stereocenters. The minimum absolute atomic E-state index is 0.132. The number of aliphatic carboxylic acids is 1. The van der Waals surface area contributed by atoms with Gasteiger partial charge < -0.3 is 52.1 Å². The van der Waals surface area contributed by atoms with Crippen molar-refractivity contribution in [3.63, 3.8) is 0 Å². The first-order valence-electron chi connectivity index (χ1n) is 27.1. The Morgan fingerprint density at radius 3 is 1.16 bits per heavy atom. The van der Waals surface area contributed by atoms with Crippen LogP contribution in [0.2, 0.25) is 0 Å². The van der Waals surface area contributed by atoms with Crippen LogP contribution in [-0.2, 0) is 70.6 Å². The Hall–Kier alpha value is -7.80. The minimum Gasteiger partial charge on any atom is -0.481 e. The Kier molecular flexibility index (Phi) is 26.2. The maximum atomic E-state index is 15.0. The molecule has 0 spiro atoms. The Morgan fingerprint density at radius 1 is 0.500 bits per heavy atom. The fourth-order valence-corrected chi connectivity index (χ4v) is 8.94. The lowest BCUT2D eigenvalue weighted by molar-refractivity contribution is -0.162. The normalized spacial score (nSPS) is 16.6. The third-order valence-electron chi connectivity index (χ3n) is 13.5. The molecule has 2 heterocycles. The van der Waals surface area contributed by atoms with E-state index in [4.69, 9.17) is 5.11 Å². The summed E-state index contributed by atoms with van der Waals surface area (Å²) in [6.07, 6.45) is -0.0954. The summed E-state index contributed by atoms with van der Waals surface area (Å²) in [4.78, 5) is 153. The number of amides is 9. The van der Waals surface area contributed by atoms with E-state index in [2.05, 4.69) is 31.9 Å². The number of carbonyl (C=O) groups is 12. The van der Waals surface area contributed by atoms with Crippen LogP contribution in [0.25, 0.3) is 0 Å². The highest BCUT2D eigenvalue weighted by molar-refractivity contribution is 6.12. The lowest BCUT2D eigenvalue weighted by atomic mass is 9.94. The second-order valence-corrected chi connectivity index (χ2v) is 21.3. The molecule has 2 aliphatic heterocycles. The first kappa shape index (κ1) is 68.5. The fourth-order valence-electron chi connectivity index (χ4n) is 8.94. The van der Waals surface area contributed by atoms with Gasteiger partial charge in [-0.2, -0.15) is 17.6 Å². The predicted molar refractivity (Wildman–Crippen MR) is 289 cm³/mol. The van der Waals surface area contributed by atoms with Gasteiger partial charge in [-0.15, -0.1) is 0 Å². The molecule has 2 saturated heterocycles. The first-order chi connectivity index (χ1) is 38.4. The van der Waals surface area contributed by atoms with Gasteiger partial charge in [0.2, 0.25) is 52.9 Å². The minimum atomic E-state index is -4.43. The van der Waals surface area contributed by atoms with E-state index in [-0.39, 0.29) is 39.0 Å². The lowest BCUT2D eigenvalue weighted by Crippen LogP contribution is -2.60. The van der Waals surface area contributed by atoms with E-state index < -0.39 is 155 Å². The summed E-state index contributed by atoms with van der Waals surface area (Å²) in [5.41, 5.74) is 1.12. The molecule has 0 radical (unpaired) electrons. The molecule has 4 rings (SSSR count). The zero-order valence-electron chi connectivity index (χ0n) is 47.6. The average Bonchev–Trinajstić information content (AvgIpc) is 4.13. The van der Waals surface area contributed by atoms with Crippen molar-refractivity contribution in [2.75, 3.05) is 19.6 Å². The molecule has 2 unspecified atom stereocenters. The largest absolute Gasteiger partial charge is 0.481 e. The van der Waals surface area contributed by atoms with Crippen molar-refractivity contribution in [1.82, 2.24) is 47.0 Å². The summed E-state index contributed by atoms with van der Waals surface area (Å²) in [6.45, 7) is 14.3. The maximum absolute atomic E-state index is 15.0. The molecule has 26 heteroatoms. The second kappa shape index (κ2) is 31.4. The van der Waals surface area contributed by atoms with Gasteiger partial charge in [0.1, 0.15) is 37.0 Å². The van der Waals surface area contributed by atoms with Gasteiger partial charge >= 0.3 is 17.8 Å². The van der Waals surface area contributed by atoms with Crippen molar-refractivity contribution in [2.45, 2.75) is 162 Å². The van der Waals surface area contributed by atoms with E-state index in [0.717, 1.165) is 0 Å². The van der Waals surface area contributed by atoms with E-state index in [1.807, 2.05) is 5.32 Å². The van der Waals surface area contributed by atoms with Crippen LogP contribution in [0.1, 0.15) is 112 Å².